The van der Waals surface area contributed by atoms with Crippen LogP contribution in [0.15, 0.2) is 48.5 Å². The average Bonchev–Trinajstić information content (AvgIpc) is 3.18. The number of nitrogens with one attached hydrogen (secondary N) is 1. The summed E-state index contributed by atoms with van der Waals surface area (Å²) in [6, 6.07) is 14.8. The first-order valence-corrected chi connectivity index (χ1v) is 9.63. The van der Waals surface area contributed by atoms with Gasteiger partial charge in [-0.05, 0) is 35.7 Å². The molecule has 0 unspecified atom stereocenters. The van der Waals surface area contributed by atoms with E-state index in [4.69, 9.17) is 11.6 Å². The summed E-state index contributed by atoms with van der Waals surface area (Å²) in [5, 5.41) is 3.64. The molecule has 0 radical (unpaired) electrons. The van der Waals surface area contributed by atoms with E-state index in [0.29, 0.717) is 17.3 Å². The predicted octanol–water partition coefficient (Wildman–Crippen LogP) is 3.27. The van der Waals surface area contributed by atoms with Gasteiger partial charge in [-0.2, -0.15) is 0 Å². The van der Waals surface area contributed by atoms with Gasteiger partial charge in [-0.3, -0.25) is 9.59 Å². The molecule has 2 aromatic carbocycles. The van der Waals surface area contributed by atoms with Crippen molar-refractivity contribution in [2.45, 2.75) is 17.8 Å². The predicted molar refractivity (Wildman–Crippen MR) is 99.8 cm³/mol. The Morgan fingerprint density at radius 1 is 1.20 bits per heavy atom. The number of thioether (sulfide) groups is 1. The Bertz CT molecular complexity index is 824. The number of nitrogens with zero attached hydrogens (tertiary/aromatic N) is 1. The van der Waals surface area contributed by atoms with Crippen LogP contribution in [0.3, 0.4) is 0 Å². The van der Waals surface area contributed by atoms with E-state index in [1.54, 1.807) is 16.7 Å². The van der Waals surface area contributed by atoms with Crippen molar-refractivity contribution < 1.29 is 9.59 Å². The van der Waals surface area contributed by atoms with Crippen molar-refractivity contribution in [3.8, 4) is 0 Å². The maximum atomic E-state index is 12.6. The Morgan fingerprint density at radius 2 is 1.96 bits per heavy atom. The van der Waals surface area contributed by atoms with Crippen LogP contribution in [0.1, 0.15) is 26.9 Å². The monoisotopic (exact) mass is 372 g/mol. The number of fused-ring (bicyclic) bond motifs is 3. The Morgan fingerprint density at radius 3 is 2.76 bits per heavy atom. The largest absolute Gasteiger partial charge is 0.354 e. The number of benzene rings is 2. The maximum absolute atomic E-state index is 12.6. The van der Waals surface area contributed by atoms with Crippen molar-refractivity contribution >= 4 is 35.2 Å². The molecule has 2 atom stereocenters. The molecule has 1 saturated heterocycles. The van der Waals surface area contributed by atoms with Gasteiger partial charge in [0.05, 0.1) is 0 Å². The molecule has 2 amide bonds. The molecule has 1 fully saturated rings. The number of carbonyl (C=O) groups excluding carboxylic acids is 2. The Hall–Kier alpha value is -1.98. The minimum absolute atomic E-state index is 0.0317. The van der Waals surface area contributed by atoms with E-state index in [2.05, 4.69) is 5.32 Å². The van der Waals surface area contributed by atoms with E-state index >= 15 is 0 Å². The number of hydrogen-bond donors (Lipinski definition) is 1. The highest BCUT2D eigenvalue weighted by molar-refractivity contribution is 7.99. The normalized spacial score (nSPS) is 21.2. The Balaban J connectivity index is 1.39. The van der Waals surface area contributed by atoms with Crippen molar-refractivity contribution in [2.24, 2.45) is 0 Å². The molecule has 0 spiro atoms. The molecule has 2 aliphatic rings. The summed E-state index contributed by atoms with van der Waals surface area (Å²) >= 11 is 7.53. The second-order valence-corrected chi connectivity index (χ2v) is 7.72. The summed E-state index contributed by atoms with van der Waals surface area (Å²) in [7, 11) is 0. The van der Waals surface area contributed by atoms with Crippen molar-refractivity contribution in [3.63, 3.8) is 0 Å². The Labute approximate surface area is 155 Å². The third kappa shape index (κ3) is 3.02. The number of amides is 2. The summed E-state index contributed by atoms with van der Waals surface area (Å²) in [6.07, 6.45) is 0.736. The lowest BCUT2D eigenvalue weighted by atomic mass is 10.1. The van der Waals surface area contributed by atoms with Crippen LogP contribution in [-0.2, 0) is 11.2 Å². The fraction of sp³-hybridized carbons (Fsp3) is 0.263. The molecule has 2 aromatic rings. The zero-order valence-corrected chi connectivity index (χ0v) is 15.0. The summed E-state index contributed by atoms with van der Waals surface area (Å²) in [6.45, 7) is 0.543. The molecule has 25 heavy (non-hydrogen) atoms. The molecular formula is C19H17ClN2O2S. The molecule has 1 N–H and O–H groups in total. The van der Waals surface area contributed by atoms with Crippen LogP contribution in [0.2, 0.25) is 5.02 Å². The SMILES string of the molecule is O=C(NCCc1ccc(Cl)cc1)[C@@H]1CS[C@H]2c3ccccc3C(=O)N12. The van der Waals surface area contributed by atoms with Gasteiger partial charge in [0.15, 0.2) is 0 Å². The zero-order chi connectivity index (χ0) is 17.4. The van der Waals surface area contributed by atoms with Crippen LogP contribution in [0.25, 0.3) is 0 Å². The first kappa shape index (κ1) is 16.5. The van der Waals surface area contributed by atoms with Crippen LogP contribution >= 0.6 is 23.4 Å². The first-order chi connectivity index (χ1) is 12.1. The lowest BCUT2D eigenvalue weighted by molar-refractivity contribution is -0.124. The van der Waals surface area contributed by atoms with Gasteiger partial charge in [0.2, 0.25) is 5.91 Å². The molecule has 6 heteroatoms. The van der Waals surface area contributed by atoms with E-state index in [1.807, 2.05) is 48.5 Å². The highest BCUT2D eigenvalue weighted by Crippen LogP contribution is 2.47. The smallest absolute Gasteiger partial charge is 0.256 e. The van der Waals surface area contributed by atoms with Gasteiger partial charge in [-0.25, -0.2) is 0 Å². The summed E-state index contributed by atoms with van der Waals surface area (Å²) in [5.41, 5.74) is 2.86. The van der Waals surface area contributed by atoms with Crippen molar-refractivity contribution in [2.75, 3.05) is 12.3 Å². The van der Waals surface area contributed by atoms with Gasteiger partial charge in [0.25, 0.3) is 5.91 Å². The molecule has 128 valence electrons. The third-order valence-corrected chi connectivity index (χ3v) is 6.18. The second-order valence-electron chi connectivity index (χ2n) is 6.17. The fourth-order valence-electron chi connectivity index (χ4n) is 3.34. The lowest BCUT2D eigenvalue weighted by Gasteiger charge is -2.22. The van der Waals surface area contributed by atoms with E-state index in [9.17, 15) is 9.59 Å². The number of rotatable bonds is 4. The molecule has 0 aliphatic carbocycles. The lowest BCUT2D eigenvalue weighted by Crippen LogP contribution is -2.46. The van der Waals surface area contributed by atoms with Crippen LogP contribution in [0, 0.1) is 0 Å². The first-order valence-electron chi connectivity index (χ1n) is 8.20. The van der Waals surface area contributed by atoms with Crippen molar-refractivity contribution in [3.05, 3.63) is 70.2 Å². The molecular weight excluding hydrogens is 356 g/mol. The molecule has 0 aromatic heterocycles. The average molecular weight is 373 g/mol. The molecule has 2 heterocycles. The highest BCUT2D eigenvalue weighted by Gasteiger charge is 2.48. The second kappa shape index (κ2) is 6.73. The maximum Gasteiger partial charge on any atom is 0.256 e. The fourth-order valence-corrected chi connectivity index (χ4v) is 4.93. The highest BCUT2D eigenvalue weighted by atomic mass is 35.5. The summed E-state index contributed by atoms with van der Waals surface area (Å²) < 4.78 is 0. The quantitative estimate of drug-likeness (QED) is 0.896. The van der Waals surface area contributed by atoms with Gasteiger partial charge < -0.3 is 10.2 Å². The van der Waals surface area contributed by atoms with Crippen LogP contribution in [-0.4, -0.2) is 35.1 Å². The van der Waals surface area contributed by atoms with Gasteiger partial charge >= 0.3 is 0 Å². The van der Waals surface area contributed by atoms with Crippen LogP contribution in [0.5, 0.6) is 0 Å². The van der Waals surface area contributed by atoms with Crippen LogP contribution < -0.4 is 5.32 Å². The van der Waals surface area contributed by atoms with Gasteiger partial charge in [-0.1, -0.05) is 41.9 Å². The molecule has 2 aliphatic heterocycles. The minimum atomic E-state index is -0.403. The topological polar surface area (TPSA) is 49.4 Å². The van der Waals surface area contributed by atoms with Crippen molar-refractivity contribution in [1.29, 1.82) is 0 Å². The minimum Gasteiger partial charge on any atom is -0.354 e. The number of carbonyl (C=O) groups is 2. The summed E-state index contributed by atoms with van der Waals surface area (Å²) in [5.74, 6) is 0.519. The van der Waals surface area contributed by atoms with Crippen molar-refractivity contribution in [1.82, 2.24) is 10.2 Å². The van der Waals surface area contributed by atoms with E-state index < -0.39 is 6.04 Å². The molecule has 0 saturated carbocycles. The standard InChI is InChI=1S/C19H17ClN2O2S/c20-13-7-5-12(6-8-13)9-10-21-17(23)16-11-25-19-15-4-2-1-3-14(15)18(24)22(16)19/h1-8,16,19H,9-11H2,(H,21,23)/t16-,19-/m0/s1. The number of halogens is 1. The summed E-state index contributed by atoms with van der Waals surface area (Å²) in [4.78, 5) is 27.0. The van der Waals surface area contributed by atoms with E-state index in [1.165, 1.54) is 0 Å². The molecule has 4 rings (SSSR count). The third-order valence-electron chi connectivity index (χ3n) is 4.62. The van der Waals surface area contributed by atoms with Crippen LogP contribution in [0.4, 0.5) is 0 Å². The van der Waals surface area contributed by atoms with Gasteiger partial charge in [0, 0.05) is 22.9 Å². The van der Waals surface area contributed by atoms with Gasteiger partial charge in [-0.15, -0.1) is 11.8 Å². The molecule has 4 nitrogen and oxygen atoms in total. The Kier molecular flexibility index (Phi) is 4.44. The van der Waals surface area contributed by atoms with Gasteiger partial charge in [0.1, 0.15) is 11.4 Å². The van der Waals surface area contributed by atoms with E-state index in [0.717, 1.165) is 23.1 Å². The zero-order valence-electron chi connectivity index (χ0n) is 13.4. The number of hydrogen-bond acceptors (Lipinski definition) is 3. The van der Waals surface area contributed by atoms with E-state index in [-0.39, 0.29) is 17.2 Å². The molecule has 0 bridgehead atoms.